The quantitative estimate of drug-likeness (QED) is 0.153. The maximum absolute atomic E-state index is 2.59. The van der Waals surface area contributed by atoms with Gasteiger partial charge in [-0.15, -0.1) is 0 Å². The number of hydrogen-bond donors (Lipinski definition) is 0. The summed E-state index contributed by atoms with van der Waals surface area (Å²) in [7, 11) is 0. The molecule has 0 fully saturated rings. The van der Waals surface area contributed by atoms with Crippen LogP contribution in [0.25, 0.3) is 54.9 Å². The van der Waals surface area contributed by atoms with Crippen LogP contribution in [0.5, 0.6) is 0 Å². The Morgan fingerprint density at radius 2 is 0.966 bits per heavy atom. The molecule has 0 amide bonds. The first-order chi connectivity index (χ1) is 29.0. The summed E-state index contributed by atoms with van der Waals surface area (Å²) in [5.41, 5.74) is 16.2. The zero-order chi connectivity index (χ0) is 39.8. The Morgan fingerprint density at radius 1 is 0.475 bits per heavy atom. The second-order valence-corrected chi connectivity index (χ2v) is 16.8. The largest absolute Gasteiger partial charge is 0.309 e. The van der Waals surface area contributed by atoms with Gasteiger partial charge in [-0.25, -0.2) is 0 Å². The van der Waals surface area contributed by atoms with Crippen molar-refractivity contribution in [2.24, 2.45) is 0 Å². The van der Waals surface area contributed by atoms with E-state index < -0.39 is 0 Å². The van der Waals surface area contributed by atoms with E-state index in [1.54, 1.807) is 0 Å². The number of nitrogens with zero attached hydrogens (tertiary/aromatic N) is 3. The average molecular weight is 762 g/mol. The molecule has 0 unspecified atom stereocenters. The molecule has 0 atom stereocenters. The molecule has 3 heteroatoms. The Kier molecular flexibility index (Phi) is 8.34. The van der Waals surface area contributed by atoms with Crippen molar-refractivity contribution in [3.8, 4) is 0 Å². The van der Waals surface area contributed by atoms with Gasteiger partial charge in [0.1, 0.15) is 0 Å². The number of benzene rings is 8. The van der Waals surface area contributed by atoms with Crippen LogP contribution < -0.4 is 9.80 Å². The predicted molar refractivity (Wildman–Crippen MR) is 254 cm³/mol. The third-order valence-electron chi connectivity index (χ3n) is 12.7. The topological polar surface area (TPSA) is 10.9 Å². The van der Waals surface area contributed by atoms with E-state index in [0.29, 0.717) is 11.8 Å². The molecule has 8 aromatic carbocycles. The molecule has 11 rings (SSSR count). The van der Waals surface area contributed by atoms with Crippen molar-refractivity contribution in [1.29, 1.82) is 0 Å². The lowest BCUT2D eigenvalue weighted by atomic mass is 9.91. The van der Waals surface area contributed by atoms with E-state index in [2.05, 4.69) is 218 Å². The first kappa shape index (κ1) is 35.3. The lowest BCUT2D eigenvalue weighted by Gasteiger charge is -2.31. The zero-order valence-corrected chi connectivity index (χ0v) is 34.2. The first-order valence-corrected chi connectivity index (χ1v) is 21.2. The summed E-state index contributed by atoms with van der Waals surface area (Å²) in [5, 5.41) is 7.57. The Hall–Kier alpha value is -6.84. The Morgan fingerprint density at radius 3 is 1.56 bits per heavy atom. The standard InChI is InChI=1S/C56H47N3/c1-36(2)38-26-30-44(31-27-38)57(42-18-7-5-8-19-42)55-46-22-13-11-16-40(46)34-50-52(55)48-24-15-25-49-53-51(59(50)54(48)49)35-41-17-12-14-23-47(41)56(53)58(43-20-9-6-10-21-43)45-32-28-39(29-33-45)37(3)4/h5-13,15-22,24-37H,14,23H2,1-4H3. The molecule has 3 nitrogen and oxygen atoms in total. The number of allylic oxidation sites excluding steroid dienone is 1. The highest BCUT2D eigenvalue weighted by molar-refractivity contribution is 6.31. The van der Waals surface area contributed by atoms with Crippen LogP contribution in [-0.2, 0) is 6.42 Å². The number of fused-ring (bicyclic) bond motifs is 8. The van der Waals surface area contributed by atoms with Crippen LogP contribution in [0.15, 0.2) is 170 Å². The molecule has 2 heterocycles. The van der Waals surface area contributed by atoms with Gasteiger partial charge in [0.2, 0.25) is 0 Å². The molecule has 0 spiro atoms. The van der Waals surface area contributed by atoms with Gasteiger partial charge in [0.05, 0.1) is 27.9 Å². The van der Waals surface area contributed by atoms with Crippen molar-refractivity contribution in [2.45, 2.75) is 52.4 Å². The molecular formula is C56H47N3. The summed E-state index contributed by atoms with van der Waals surface area (Å²) < 4.78 is 2.59. The maximum atomic E-state index is 2.59. The van der Waals surface area contributed by atoms with Gasteiger partial charge in [0.25, 0.3) is 0 Å². The highest BCUT2D eigenvalue weighted by Gasteiger charge is 2.30. The second-order valence-electron chi connectivity index (χ2n) is 16.8. The van der Waals surface area contributed by atoms with Crippen molar-refractivity contribution >= 4 is 89.1 Å². The van der Waals surface area contributed by atoms with Crippen LogP contribution in [0.3, 0.4) is 0 Å². The monoisotopic (exact) mass is 761 g/mol. The number of hydrogen-bond acceptors (Lipinski definition) is 2. The Balaban J connectivity index is 1.28. The molecule has 0 radical (unpaired) electrons. The minimum Gasteiger partial charge on any atom is -0.309 e. The number of para-hydroxylation sites is 3. The molecule has 286 valence electrons. The molecule has 59 heavy (non-hydrogen) atoms. The van der Waals surface area contributed by atoms with Gasteiger partial charge in [-0.3, -0.25) is 0 Å². The highest BCUT2D eigenvalue weighted by atomic mass is 15.2. The average Bonchev–Trinajstić information content (AvgIpc) is 3.79. The van der Waals surface area contributed by atoms with Gasteiger partial charge >= 0.3 is 0 Å². The van der Waals surface area contributed by atoms with E-state index in [1.807, 2.05) is 0 Å². The molecule has 0 saturated carbocycles. The molecule has 0 N–H and O–H groups in total. The molecule has 10 aromatic rings. The third kappa shape index (κ3) is 5.56. The number of aromatic nitrogens is 1. The summed E-state index contributed by atoms with van der Waals surface area (Å²) >= 11 is 0. The molecule has 0 saturated heterocycles. The second kappa shape index (κ2) is 13.9. The van der Waals surface area contributed by atoms with Gasteiger partial charge < -0.3 is 14.2 Å². The normalized spacial score (nSPS) is 12.8. The van der Waals surface area contributed by atoms with Crippen LogP contribution in [0, 0.1) is 0 Å². The van der Waals surface area contributed by atoms with Crippen LogP contribution in [0.4, 0.5) is 34.1 Å². The summed E-state index contributed by atoms with van der Waals surface area (Å²) in [6.45, 7) is 9.07. The van der Waals surface area contributed by atoms with Crippen LogP contribution in [-0.4, -0.2) is 4.40 Å². The van der Waals surface area contributed by atoms with E-state index in [0.717, 1.165) is 24.2 Å². The molecule has 1 aliphatic carbocycles. The summed E-state index contributed by atoms with van der Waals surface area (Å²) in [6, 6.07) is 61.2. The summed E-state index contributed by atoms with van der Waals surface area (Å²) in [4.78, 5) is 5.03. The SMILES string of the molecule is CC(C)c1ccc(N(c2ccccc2)c2c3c(cc4c2c2cccc5c6c(N(c7ccccc7)c7ccc(C(C)C)cc7)c7ccccc7cc6n4c25)C=CCC3)cc1. The minimum atomic E-state index is 0.454. The van der Waals surface area contributed by atoms with E-state index in [1.165, 1.54) is 93.9 Å². The molecular weight excluding hydrogens is 715 g/mol. The van der Waals surface area contributed by atoms with Gasteiger partial charge in [-0.2, -0.15) is 0 Å². The van der Waals surface area contributed by atoms with E-state index in [4.69, 9.17) is 0 Å². The zero-order valence-electron chi connectivity index (χ0n) is 34.2. The van der Waals surface area contributed by atoms with Crippen molar-refractivity contribution in [3.05, 3.63) is 192 Å². The van der Waals surface area contributed by atoms with Gasteiger partial charge in [-0.05, 0) is 113 Å². The molecule has 0 aliphatic heterocycles. The van der Waals surface area contributed by atoms with Gasteiger partial charge in [-0.1, -0.05) is 143 Å². The molecule has 0 bridgehead atoms. The van der Waals surface area contributed by atoms with Gasteiger partial charge in [0.15, 0.2) is 0 Å². The molecule has 1 aliphatic rings. The smallest absolute Gasteiger partial charge is 0.0640 e. The minimum absolute atomic E-state index is 0.454. The fraction of sp³-hybridized carbons (Fsp3) is 0.143. The summed E-state index contributed by atoms with van der Waals surface area (Å²) in [6.07, 6.45) is 6.72. The van der Waals surface area contributed by atoms with Crippen molar-refractivity contribution in [3.63, 3.8) is 0 Å². The lowest BCUT2D eigenvalue weighted by Crippen LogP contribution is -2.14. The number of anilines is 6. The fourth-order valence-corrected chi connectivity index (χ4v) is 9.79. The fourth-order valence-electron chi connectivity index (χ4n) is 9.79. The van der Waals surface area contributed by atoms with Crippen LogP contribution >= 0.6 is 0 Å². The van der Waals surface area contributed by atoms with E-state index >= 15 is 0 Å². The first-order valence-electron chi connectivity index (χ1n) is 21.2. The summed E-state index contributed by atoms with van der Waals surface area (Å²) in [5.74, 6) is 0.915. The predicted octanol–water partition coefficient (Wildman–Crippen LogP) is 16.1. The lowest BCUT2D eigenvalue weighted by molar-refractivity contribution is 0.866. The van der Waals surface area contributed by atoms with Crippen molar-refractivity contribution in [1.82, 2.24) is 4.40 Å². The van der Waals surface area contributed by atoms with Crippen molar-refractivity contribution in [2.75, 3.05) is 9.80 Å². The highest BCUT2D eigenvalue weighted by Crippen LogP contribution is 2.53. The van der Waals surface area contributed by atoms with Crippen LogP contribution in [0.1, 0.15) is 68.2 Å². The number of rotatable bonds is 8. The maximum Gasteiger partial charge on any atom is 0.0640 e. The Bertz CT molecular complexity index is 3190. The third-order valence-corrected chi connectivity index (χ3v) is 12.7. The Labute approximate surface area is 346 Å². The van der Waals surface area contributed by atoms with Crippen LogP contribution in [0.2, 0.25) is 0 Å². The van der Waals surface area contributed by atoms with E-state index in [9.17, 15) is 0 Å². The van der Waals surface area contributed by atoms with Gasteiger partial charge in [0, 0.05) is 49.7 Å². The molecule has 2 aromatic heterocycles. The van der Waals surface area contributed by atoms with Crippen molar-refractivity contribution < 1.29 is 0 Å². The van der Waals surface area contributed by atoms with E-state index in [-0.39, 0.29) is 0 Å².